The SMILES string of the molecule is [2H]N([B])C(=S)CC. The average Bonchev–Trinajstić information content (AvgIpc) is 1.65. The highest BCUT2D eigenvalue weighted by Gasteiger charge is 1.78. The van der Waals surface area contributed by atoms with Crippen LogP contribution in [-0.4, -0.2) is 13.0 Å². The van der Waals surface area contributed by atoms with Crippen LogP contribution in [0.25, 0.3) is 0 Å². The molecule has 0 aromatic rings. The van der Waals surface area contributed by atoms with E-state index in [1.807, 2.05) is 6.92 Å². The number of rotatable bonds is 1. The van der Waals surface area contributed by atoms with Crippen molar-refractivity contribution in [1.82, 2.24) is 5.22 Å². The van der Waals surface area contributed by atoms with Crippen molar-refractivity contribution in [3.8, 4) is 0 Å². The monoisotopic (exact) mass is 100 g/mol. The number of nitrogens with one attached hydrogen (secondary N) is 1. The van der Waals surface area contributed by atoms with E-state index in [4.69, 9.17) is 9.39 Å². The summed E-state index contributed by atoms with van der Waals surface area (Å²) in [6.07, 6.45) is 0.662. The predicted octanol–water partition coefficient (Wildman–Crippen LogP) is 0.397. The van der Waals surface area contributed by atoms with Gasteiger partial charge in [-0.1, -0.05) is 19.1 Å². The van der Waals surface area contributed by atoms with E-state index in [1.165, 1.54) is 0 Å². The first-order valence-corrected chi connectivity index (χ1v) is 2.15. The lowest BCUT2D eigenvalue weighted by Gasteiger charge is -1.92. The second-order valence-corrected chi connectivity index (χ2v) is 1.35. The highest BCUT2D eigenvalue weighted by molar-refractivity contribution is 7.80. The highest BCUT2D eigenvalue weighted by Crippen LogP contribution is 1.74. The predicted molar refractivity (Wildman–Crippen MR) is 31.8 cm³/mol. The van der Waals surface area contributed by atoms with Crippen LogP contribution in [0.4, 0.5) is 0 Å². The van der Waals surface area contributed by atoms with Gasteiger partial charge < -0.3 is 5.22 Å². The molecule has 0 bridgehead atoms. The Morgan fingerprint density at radius 3 is 2.83 bits per heavy atom. The molecule has 6 heavy (non-hydrogen) atoms. The second-order valence-electron chi connectivity index (χ2n) is 0.876. The Hall–Kier alpha value is -0.0451. The third kappa shape index (κ3) is 2.21. The van der Waals surface area contributed by atoms with Crippen LogP contribution in [0.1, 0.15) is 13.3 Å². The van der Waals surface area contributed by atoms with Gasteiger partial charge >= 0.3 is 0 Å². The Morgan fingerprint density at radius 1 is 2.33 bits per heavy atom. The molecule has 0 aliphatic heterocycles. The maximum Gasteiger partial charge on any atom is 0.223 e. The highest BCUT2D eigenvalue weighted by atomic mass is 32.1. The molecule has 0 amide bonds. The van der Waals surface area contributed by atoms with Crippen LogP contribution >= 0.6 is 12.2 Å². The van der Waals surface area contributed by atoms with Crippen LogP contribution in [0.5, 0.6) is 0 Å². The summed E-state index contributed by atoms with van der Waals surface area (Å²) in [7, 11) is 4.91. The molecule has 0 rings (SSSR count). The largest absolute Gasteiger partial charge is 0.432 e. The minimum atomic E-state index is 0.458. The van der Waals surface area contributed by atoms with Gasteiger partial charge in [-0.15, -0.1) is 0 Å². The van der Waals surface area contributed by atoms with Crippen LogP contribution in [-0.2, 0) is 0 Å². The lowest BCUT2D eigenvalue weighted by Crippen LogP contribution is -2.15. The molecule has 1 N–H and O–H groups in total. The molecule has 0 saturated carbocycles. The van der Waals surface area contributed by atoms with E-state index in [1.54, 1.807) is 0 Å². The fourth-order valence-corrected chi connectivity index (χ4v) is 0.0913. The second kappa shape index (κ2) is 3.16. The Morgan fingerprint density at radius 2 is 2.83 bits per heavy atom. The molecule has 1 nitrogen and oxygen atoms in total. The lowest BCUT2D eigenvalue weighted by molar-refractivity contribution is 1.26. The zero-order valence-electron chi connectivity index (χ0n) is 4.64. The average molecular weight is 100.0 g/mol. The van der Waals surface area contributed by atoms with Gasteiger partial charge in [-0.3, -0.25) is 0 Å². The summed E-state index contributed by atoms with van der Waals surface area (Å²) in [5.41, 5.74) is 0. The summed E-state index contributed by atoms with van der Waals surface area (Å²) in [6, 6.07) is 0. The van der Waals surface area contributed by atoms with Gasteiger partial charge in [-0.2, -0.15) is 0 Å². The van der Waals surface area contributed by atoms with Crippen molar-refractivity contribution in [2.45, 2.75) is 13.3 Å². The molecule has 3 heteroatoms. The molecule has 0 spiro atoms. The molecule has 0 atom stereocenters. The molecule has 0 unspecified atom stereocenters. The lowest BCUT2D eigenvalue weighted by atomic mass is 10.4. The Kier molecular flexibility index (Phi) is 2.17. The van der Waals surface area contributed by atoms with Crippen molar-refractivity contribution in [3.05, 3.63) is 0 Å². The molecule has 0 fully saturated rings. The quantitative estimate of drug-likeness (QED) is 0.378. The third-order valence-corrected chi connectivity index (χ3v) is 0.841. The van der Waals surface area contributed by atoms with Crippen molar-refractivity contribution in [3.63, 3.8) is 0 Å². The van der Waals surface area contributed by atoms with Crippen LogP contribution in [0.15, 0.2) is 0 Å². The summed E-state index contributed by atoms with van der Waals surface area (Å²) in [5, 5.41) is 0.704. The molecule has 0 heterocycles. The minimum absolute atomic E-state index is 0.458. The van der Waals surface area contributed by atoms with E-state index >= 15 is 0 Å². The molecule has 0 aromatic carbocycles. The van der Waals surface area contributed by atoms with Gasteiger partial charge in [0, 0.05) is 0 Å². The minimum Gasteiger partial charge on any atom is -0.432 e. The Balaban J connectivity index is 3.35. The first-order chi connectivity index (χ1) is 3.18. The van der Waals surface area contributed by atoms with Gasteiger partial charge in [0.05, 0.1) is 4.99 Å². The summed E-state index contributed by atoms with van der Waals surface area (Å²) >= 11 is 4.59. The zero-order valence-corrected chi connectivity index (χ0v) is 4.46. The summed E-state index contributed by atoms with van der Waals surface area (Å²) < 4.78 is 6.65. The summed E-state index contributed by atoms with van der Waals surface area (Å²) in [4.78, 5) is 0.458. The molecular formula is C3H6BNS. The van der Waals surface area contributed by atoms with Gasteiger partial charge in [-0.05, 0) is 6.42 Å². The summed E-state index contributed by atoms with van der Waals surface area (Å²) in [5.74, 6) is 0. The van der Waals surface area contributed by atoms with Gasteiger partial charge in [0.2, 0.25) is 7.98 Å². The third-order valence-electron chi connectivity index (χ3n) is 0.446. The topological polar surface area (TPSA) is 12.0 Å². The van der Waals surface area contributed by atoms with Crippen LogP contribution in [0, 0.1) is 0 Å². The molecule has 0 aromatic heterocycles. The van der Waals surface area contributed by atoms with E-state index in [9.17, 15) is 0 Å². The van der Waals surface area contributed by atoms with E-state index in [0.29, 0.717) is 16.6 Å². The van der Waals surface area contributed by atoms with Gasteiger partial charge in [0.1, 0.15) is 1.41 Å². The first kappa shape index (κ1) is 4.12. The van der Waals surface area contributed by atoms with E-state index in [-0.39, 0.29) is 0 Å². The molecule has 0 aliphatic carbocycles. The fraction of sp³-hybridized carbons (Fsp3) is 0.667. The fourth-order valence-electron chi connectivity index (χ4n) is 0.0913. The zero-order chi connectivity index (χ0) is 5.86. The van der Waals surface area contributed by atoms with Crippen molar-refractivity contribution in [1.29, 1.82) is 0 Å². The molecule has 0 aliphatic rings. The van der Waals surface area contributed by atoms with Crippen molar-refractivity contribution in [2.24, 2.45) is 0 Å². The Labute approximate surface area is 46.0 Å². The smallest absolute Gasteiger partial charge is 0.223 e. The number of hydrogen-bond acceptors (Lipinski definition) is 1. The van der Waals surface area contributed by atoms with Gasteiger partial charge in [0.25, 0.3) is 0 Å². The van der Waals surface area contributed by atoms with E-state index in [2.05, 4.69) is 12.2 Å². The number of hydrogen-bond donors (Lipinski definition) is 1. The van der Waals surface area contributed by atoms with Crippen LogP contribution in [0.3, 0.4) is 0 Å². The summed E-state index contributed by atoms with van der Waals surface area (Å²) in [6.45, 7) is 1.86. The standard InChI is InChI=1S/C3H6BNS/c1-2-3(6)5-4/h2H2,1H3,(H,5,6)/i/hD. The maximum absolute atomic E-state index is 6.65. The van der Waals surface area contributed by atoms with E-state index < -0.39 is 0 Å². The van der Waals surface area contributed by atoms with Crippen molar-refractivity contribution < 1.29 is 1.41 Å². The van der Waals surface area contributed by atoms with Crippen molar-refractivity contribution in [2.75, 3.05) is 0 Å². The van der Waals surface area contributed by atoms with Gasteiger partial charge in [0.15, 0.2) is 0 Å². The van der Waals surface area contributed by atoms with Crippen LogP contribution in [0.2, 0.25) is 1.41 Å². The number of thiocarbonyl (C=S) groups is 1. The first-order valence-electron chi connectivity index (χ1n) is 2.19. The van der Waals surface area contributed by atoms with Gasteiger partial charge in [-0.25, -0.2) is 0 Å². The maximum atomic E-state index is 6.65. The molecule has 2 radical (unpaired) electrons. The Bertz CT molecular complexity index is 75.3. The normalized spacial score (nSPS) is 9.83. The molecule has 0 saturated heterocycles. The van der Waals surface area contributed by atoms with Crippen LogP contribution < -0.4 is 5.22 Å². The molecule has 32 valence electrons. The van der Waals surface area contributed by atoms with Crippen molar-refractivity contribution >= 4 is 25.2 Å². The molecular weight excluding hydrogens is 92.9 g/mol. The van der Waals surface area contributed by atoms with E-state index in [0.717, 1.165) is 0 Å².